The molecule has 0 saturated carbocycles. The monoisotopic (exact) mass is 364 g/mol. The Morgan fingerprint density at radius 3 is 2.72 bits per heavy atom. The molecular weight excluding hydrogens is 355 g/mol. The van der Waals surface area contributed by atoms with E-state index in [4.69, 9.17) is 27.9 Å². The fraction of sp³-hybridized carbons (Fsp3) is 0.231. The third-order valence-electron chi connectivity index (χ3n) is 2.41. The Morgan fingerprint density at radius 2 is 2.11 bits per heavy atom. The van der Waals surface area contributed by atoms with Crippen molar-refractivity contribution >= 4 is 50.5 Å². The molecule has 0 N–H and O–H groups in total. The Morgan fingerprint density at radius 1 is 1.39 bits per heavy atom. The highest BCUT2D eigenvalue weighted by atomic mass is 79.9. The van der Waals surface area contributed by atoms with E-state index in [-0.39, 0.29) is 5.38 Å². The lowest BCUT2D eigenvalue weighted by molar-refractivity contribution is 0.337. The number of benzene rings is 1. The van der Waals surface area contributed by atoms with Gasteiger partial charge in [-0.15, -0.1) is 22.9 Å². The van der Waals surface area contributed by atoms with E-state index in [0.29, 0.717) is 11.6 Å². The smallest absolute Gasteiger partial charge is 0.124 e. The van der Waals surface area contributed by atoms with E-state index < -0.39 is 0 Å². The molecule has 18 heavy (non-hydrogen) atoms. The van der Waals surface area contributed by atoms with Crippen molar-refractivity contribution in [3.05, 3.63) is 49.6 Å². The van der Waals surface area contributed by atoms with Gasteiger partial charge in [0.25, 0.3) is 0 Å². The molecule has 1 aromatic carbocycles. The quantitative estimate of drug-likeness (QED) is 0.613. The second kappa shape index (κ2) is 6.29. The van der Waals surface area contributed by atoms with Crippen LogP contribution in [0.3, 0.4) is 0 Å². The standard InChI is InChI=1S/C13H11BrCl2OS/c1-2-17-10-6-4-3-5-8(10)12(16)11-7-9(15)13(14)18-11/h3-7,12H,2H2,1H3. The van der Waals surface area contributed by atoms with Crippen LogP contribution >= 0.6 is 50.5 Å². The van der Waals surface area contributed by atoms with Gasteiger partial charge < -0.3 is 4.74 Å². The molecule has 0 aliphatic carbocycles. The number of alkyl halides is 1. The molecular formula is C13H11BrCl2OS. The van der Waals surface area contributed by atoms with Gasteiger partial charge in [-0.25, -0.2) is 0 Å². The van der Waals surface area contributed by atoms with Gasteiger partial charge in [0.2, 0.25) is 0 Å². The molecule has 0 spiro atoms. The van der Waals surface area contributed by atoms with Crippen LogP contribution < -0.4 is 4.74 Å². The molecule has 2 rings (SSSR count). The van der Waals surface area contributed by atoms with Crippen molar-refractivity contribution in [1.82, 2.24) is 0 Å². The largest absolute Gasteiger partial charge is 0.494 e. The second-order valence-corrected chi connectivity index (χ2v) is 6.85. The maximum absolute atomic E-state index is 6.51. The predicted octanol–water partition coefficient (Wildman–Crippen LogP) is 5.89. The van der Waals surface area contributed by atoms with Crippen molar-refractivity contribution in [2.45, 2.75) is 12.3 Å². The lowest BCUT2D eigenvalue weighted by atomic mass is 10.1. The summed E-state index contributed by atoms with van der Waals surface area (Å²) in [5.41, 5.74) is 0.964. The molecule has 96 valence electrons. The molecule has 1 heterocycles. The molecule has 1 atom stereocenters. The van der Waals surface area contributed by atoms with Crippen molar-refractivity contribution in [2.24, 2.45) is 0 Å². The fourth-order valence-corrected chi connectivity index (χ4v) is 3.74. The van der Waals surface area contributed by atoms with Crippen LogP contribution in [-0.4, -0.2) is 6.61 Å². The second-order valence-electron chi connectivity index (χ2n) is 3.60. The van der Waals surface area contributed by atoms with Crippen LogP contribution in [0.25, 0.3) is 0 Å². The van der Waals surface area contributed by atoms with Crippen molar-refractivity contribution < 1.29 is 4.74 Å². The summed E-state index contributed by atoms with van der Waals surface area (Å²) in [5, 5.41) is 0.441. The van der Waals surface area contributed by atoms with E-state index in [2.05, 4.69) is 15.9 Å². The van der Waals surface area contributed by atoms with Gasteiger partial charge in [-0.3, -0.25) is 0 Å². The molecule has 0 saturated heterocycles. The Balaban J connectivity index is 2.36. The van der Waals surface area contributed by atoms with E-state index in [1.807, 2.05) is 37.3 Å². The van der Waals surface area contributed by atoms with E-state index in [0.717, 1.165) is 20.0 Å². The molecule has 0 aliphatic heterocycles. The first-order valence-corrected chi connectivity index (χ1v) is 7.86. The average Bonchev–Trinajstić information content (AvgIpc) is 2.70. The Labute approximate surface area is 129 Å². The van der Waals surface area contributed by atoms with Gasteiger partial charge in [0.15, 0.2) is 0 Å². The highest BCUT2D eigenvalue weighted by Crippen LogP contribution is 2.42. The number of hydrogen-bond acceptors (Lipinski definition) is 2. The summed E-state index contributed by atoms with van der Waals surface area (Å²) in [6.45, 7) is 2.58. The summed E-state index contributed by atoms with van der Waals surface area (Å²) in [6, 6.07) is 9.69. The average molecular weight is 366 g/mol. The number of halogens is 3. The predicted molar refractivity (Wildman–Crippen MR) is 82.3 cm³/mol. The lowest BCUT2D eigenvalue weighted by Gasteiger charge is -2.13. The third kappa shape index (κ3) is 3.02. The first-order chi connectivity index (χ1) is 8.63. The zero-order valence-electron chi connectivity index (χ0n) is 9.62. The van der Waals surface area contributed by atoms with Crippen LogP contribution in [-0.2, 0) is 0 Å². The molecule has 5 heteroatoms. The topological polar surface area (TPSA) is 9.23 Å². The molecule has 1 unspecified atom stereocenters. The molecule has 0 aliphatic rings. The molecule has 2 aromatic rings. The minimum Gasteiger partial charge on any atom is -0.494 e. The Kier molecular flexibility index (Phi) is 4.96. The number of rotatable bonds is 4. The summed E-state index contributed by atoms with van der Waals surface area (Å²) in [5.74, 6) is 0.820. The molecule has 0 amide bonds. The van der Waals surface area contributed by atoms with Crippen molar-refractivity contribution in [1.29, 1.82) is 0 Å². The zero-order chi connectivity index (χ0) is 13.1. The van der Waals surface area contributed by atoms with Gasteiger partial charge in [0, 0.05) is 10.4 Å². The first kappa shape index (κ1) is 14.2. The minimum atomic E-state index is -0.249. The molecule has 0 radical (unpaired) electrons. The Bertz CT molecular complexity index is 522. The van der Waals surface area contributed by atoms with Gasteiger partial charge in [0.1, 0.15) is 5.75 Å². The van der Waals surface area contributed by atoms with E-state index in [9.17, 15) is 0 Å². The maximum Gasteiger partial charge on any atom is 0.124 e. The lowest BCUT2D eigenvalue weighted by Crippen LogP contribution is -1.98. The number of thiophene rings is 1. The molecule has 0 fully saturated rings. The molecule has 0 bridgehead atoms. The van der Waals surface area contributed by atoms with Crippen LogP contribution in [0.5, 0.6) is 5.75 Å². The van der Waals surface area contributed by atoms with Gasteiger partial charge in [-0.2, -0.15) is 0 Å². The fourth-order valence-electron chi connectivity index (χ4n) is 1.62. The minimum absolute atomic E-state index is 0.249. The third-order valence-corrected chi connectivity index (χ3v) is 5.55. The summed E-state index contributed by atoms with van der Waals surface area (Å²) < 4.78 is 6.49. The van der Waals surface area contributed by atoms with Crippen molar-refractivity contribution in [3.63, 3.8) is 0 Å². The summed E-state index contributed by atoms with van der Waals surface area (Å²) in [7, 11) is 0. The van der Waals surface area contributed by atoms with Crippen LogP contribution in [0.4, 0.5) is 0 Å². The SMILES string of the molecule is CCOc1ccccc1C(Cl)c1cc(Cl)c(Br)s1. The van der Waals surface area contributed by atoms with E-state index in [1.165, 1.54) is 0 Å². The van der Waals surface area contributed by atoms with Gasteiger partial charge >= 0.3 is 0 Å². The summed E-state index contributed by atoms with van der Waals surface area (Å²) >= 11 is 17.5. The highest BCUT2D eigenvalue weighted by molar-refractivity contribution is 9.11. The molecule has 1 aromatic heterocycles. The van der Waals surface area contributed by atoms with Crippen LogP contribution in [0.2, 0.25) is 5.02 Å². The van der Waals surface area contributed by atoms with Gasteiger partial charge in [-0.1, -0.05) is 29.8 Å². The maximum atomic E-state index is 6.51. The zero-order valence-corrected chi connectivity index (χ0v) is 13.5. The molecule has 1 nitrogen and oxygen atoms in total. The van der Waals surface area contributed by atoms with Crippen LogP contribution in [0.1, 0.15) is 22.7 Å². The summed E-state index contributed by atoms with van der Waals surface area (Å²) in [4.78, 5) is 1.00. The van der Waals surface area contributed by atoms with Crippen LogP contribution in [0.15, 0.2) is 34.1 Å². The van der Waals surface area contributed by atoms with Crippen LogP contribution in [0, 0.1) is 0 Å². The van der Waals surface area contributed by atoms with E-state index >= 15 is 0 Å². The van der Waals surface area contributed by atoms with Gasteiger partial charge in [-0.05, 0) is 35.0 Å². The Hall–Kier alpha value is -0.220. The number of para-hydroxylation sites is 1. The normalized spacial score (nSPS) is 12.4. The highest BCUT2D eigenvalue weighted by Gasteiger charge is 2.18. The van der Waals surface area contributed by atoms with Crippen molar-refractivity contribution in [3.8, 4) is 5.75 Å². The number of hydrogen-bond donors (Lipinski definition) is 0. The first-order valence-electron chi connectivity index (χ1n) is 5.44. The van der Waals surface area contributed by atoms with Crippen molar-refractivity contribution in [2.75, 3.05) is 6.61 Å². The number of ether oxygens (including phenoxy) is 1. The van der Waals surface area contributed by atoms with E-state index in [1.54, 1.807) is 11.3 Å². The summed E-state index contributed by atoms with van der Waals surface area (Å²) in [6.07, 6.45) is 0. The van der Waals surface area contributed by atoms with Gasteiger partial charge in [0.05, 0.1) is 20.8 Å².